The molecule has 2 aromatic carbocycles. The first-order chi connectivity index (χ1) is 15.5. The molecule has 162 valence electrons. The monoisotopic (exact) mass is 468 g/mol. The van der Waals surface area contributed by atoms with Crippen LogP contribution in [0.4, 0.5) is 5.69 Å². The maximum absolute atomic E-state index is 11.6. The third-order valence-corrected chi connectivity index (χ3v) is 5.73. The van der Waals surface area contributed by atoms with Gasteiger partial charge in [0, 0.05) is 24.2 Å². The van der Waals surface area contributed by atoms with Crippen molar-refractivity contribution in [2.75, 3.05) is 7.11 Å². The number of aromatic nitrogens is 6. The minimum atomic E-state index is -0.443. The summed E-state index contributed by atoms with van der Waals surface area (Å²) in [5, 5.41) is 31.3. The average Bonchev–Trinajstić information content (AvgIpc) is 3.37. The number of hydrogen-bond acceptors (Lipinski definition) is 9. The van der Waals surface area contributed by atoms with E-state index < -0.39 is 4.92 Å². The fraction of sp³-hybridized carbons (Fsp3) is 0.105. The van der Waals surface area contributed by atoms with Crippen molar-refractivity contribution < 1.29 is 9.66 Å². The van der Waals surface area contributed by atoms with E-state index >= 15 is 0 Å². The topological polar surface area (TPSA) is 129 Å². The smallest absolute Gasteiger partial charge is 0.283 e. The molecule has 4 aromatic rings. The van der Waals surface area contributed by atoms with Crippen LogP contribution in [0.3, 0.4) is 0 Å². The van der Waals surface area contributed by atoms with Crippen molar-refractivity contribution in [3.63, 3.8) is 0 Å². The molecular formula is C19H16N8O3S2. The molecule has 0 atom stereocenters. The second-order valence-corrected chi connectivity index (χ2v) is 7.85. The van der Waals surface area contributed by atoms with Crippen molar-refractivity contribution in [1.29, 1.82) is 0 Å². The van der Waals surface area contributed by atoms with Crippen LogP contribution < -0.4 is 4.74 Å². The SMILES string of the molecule is COc1cccc(-c2n[nH]c(=S)n2/N=C/c2ccc(Sc3nncn3C)c([N+](=O)[O-])c2)c1. The first kappa shape index (κ1) is 21.4. The fourth-order valence-corrected chi connectivity index (χ4v) is 3.81. The average molecular weight is 469 g/mol. The van der Waals surface area contributed by atoms with Crippen LogP contribution in [0.15, 0.2) is 63.9 Å². The first-order valence-electron chi connectivity index (χ1n) is 9.13. The molecule has 1 N–H and O–H groups in total. The summed E-state index contributed by atoms with van der Waals surface area (Å²) in [4.78, 5) is 11.6. The number of nitro benzene ring substituents is 1. The molecule has 11 nitrogen and oxygen atoms in total. The first-order valence-corrected chi connectivity index (χ1v) is 10.3. The maximum atomic E-state index is 11.6. The molecule has 13 heteroatoms. The summed E-state index contributed by atoms with van der Waals surface area (Å²) < 4.78 is 8.66. The number of hydrogen-bond donors (Lipinski definition) is 1. The van der Waals surface area contributed by atoms with Gasteiger partial charge in [0.1, 0.15) is 12.1 Å². The summed E-state index contributed by atoms with van der Waals surface area (Å²) >= 11 is 6.45. The van der Waals surface area contributed by atoms with E-state index in [1.807, 2.05) is 18.2 Å². The van der Waals surface area contributed by atoms with Gasteiger partial charge in [-0.1, -0.05) is 18.2 Å². The van der Waals surface area contributed by atoms with Crippen molar-refractivity contribution in [2.24, 2.45) is 12.1 Å². The zero-order chi connectivity index (χ0) is 22.7. The highest BCUT2D eigenvalue weighted by Crippen LogP contribution is 2.34. The van der Waals surface area contributed by atoms with E-state index in [0.29, 0.717) is 27.2 Å². The lowest BCUT2D eigenvalue weighted by Crippen LogP contribution is -1.97. The molecule has 32 heavy (non-hydrogen) atoms. The largest absolute Gasteiger partial charge is 0.497 e. The Balaban J connectivity index is 1.66. The van der Waals surface area contributed by atoms with Crippen LogP contribution in [-0.4, -0.2) is 47.9 Å². The molecule has 4 rings (SSSR count). The lowest BCUT2D eigenvalue weighted by Gasteiger charge is -2.05. The highest BCUT2D eigenvalue weighted by molar-refractivity contribution is 7.99. The number of aryl methyl sites for hydroxylation is 1. The third kappa shape index (κ3) is 4.43. The molecule has 0 saturated carbocycles. The fourth-order valence-electron chi connectivity index (χ4n) is 2.78. The number of rotatable bonds is 7. The van der Waals surface area contributed by atoms with Crippen molar-refractivity contribution in [3.05, 3.63) is 69.2 Å². The van der Waals surface area contributed by atoms with Crippen molar-refractivity contribution in [2.45, 2.75) is 10.1 Å². The molecule has 0 fully saturated rings. The second kappa shape index (κ2) is 9.11. The van der Waals surface area contributed by atoms with Crippen LogP contribution in [0.1, 0.15) is 5.56 Å². The Morgan fingerprint density at radius 2 is 2.16 bits per heavy atom. The van der Waals surface area contributed by atoms with Gasteiger partial charge in [-0.05, 0) is 42.2 Å². The molecule has 0 aliphatic heterocycles. The molecule has 0 radical (unpaired) electrons. The van der Waals surface area contributed by atoms with Crippen LogP contribution >= 0.6 is 24.0 Å². The number of nitrogens with one attached hydrogen (secondary N) is 1. The van der Waals surface area contributed by atoms with Crippen LogP contribution in [0, 0.1) is 14.9 Å². The Bertz CT molecular complexity index is 1370. The lowest BCUT2D eigenvalue weighted by atomic mass is 10.2. The molecule has 0 aliphatic rings. The summed E-state index contributed by atoms with van der Waals surface area (Å²) in [6.07, 6.45) is 3.02. The summed E-state index contributed by atoms with van der Waals surface area (Å²) in [5.74, 6) is 1.15. The number of nitrogens with zero attached hydrogens (tertiary/aromatic N) is 7. The molecule has 2 heterocycles. The Hall–Kier alpha value is -3.84. The molecule has 0 saturated heterocycles. The Labute approximate surface area is 190 Å². The number of benzene rings is 2. The molecule has 0 bridgehead atoms. The molecule has 0 spiro atoms. The van der Waals surface area contributed by atoms with Gasteiger partial charge in [-0.15, -0.1) is 10.2 Å². The van der Waals surface area contributed by atoms with Gasteiger partial charge in [-0.25, -0.2) is 5.10 Å². The summed E-state index contributed by atoms with van der Waals surface area (Å²) in [6.45, 7) is 0. The third-order valence-electron chi connectivity index (χ3n) is 4.35. The zero-order valence-corrected chi connectivity index (χ0v) is 18.5. The van der Waals surface area contributed by atoms with E-state index in [9.17, 15) is 10.1 Å². The van der Waals surface area contributed by atoms with Crippen LogP contribution in [0.2, 0.25) is 0 Å². The van der Waals surface area contributed by atoms with Gasteiger partial charge in [-0.2, -0.15) is 14.9 Å². The van der Waals surface area contributed by atoms with Crippen molar-refractivity contribution >= 4 is 35.9 Å². The normalized spacial score (nSPS) is 11.2. The highest BCUT2D eigenvalue weighted by atomic mass is 32.2. The van der Waals surface area contributed by atoms with E-state index in [0.717, 1.165) is 17.3 Å². The maximum Gasteiger partial charge on any atom is 0.283 e. The number of methoxy groups -OCH3 is 1. The minimum absolute atomic E-state index is 0.0641. The molecule has 0 amide bonds. The predicted octanol–water partition coefficient (Wildman–Crippen LogP) is 3.69. The molecule has 2 aromatic heterocycles. The Morgan fingerprint density at radius 1 is 1.31 bits per heavy atom. The lowest BCUT2D eigenvalue weighted by molar-refractivity contribution is -0.387. The summed E-state index contributed by atoms with van der Waals surface area (Å²) in [5.41, 5.74) is 1.21. The van der Waals surface area contributed by atoms with Gasteiger partial charge < -0.3 is 9.30 Å². The molecule has 0 aliphatic carbocycles. The zero-order valence-electron chi connectivity index (χ0n) is 16.9. The Morgan fingerprint density at radius 3 is 2.88 bits per heavy atom. The van der Waals surface area contributed by atoms with E-state index in [1.54, 1.807) is 36.9 Å². The van der Waals surface area contributed by atoms with Crippen molar-refractivity contribution in [1.82, 2.24) is 29.6 Å². The van der Waals surface area contributed by atoms with Crippen LogP contribution in [0.25, 0.3) is 11.4 Å². The van der Waals surface area contributed by atoms with E-state index in [1.165, 1.54) is 23.3 Å². The van der Waals surface area contributed by atoms with E-state index in [2.05, 4.69) is 25.5 Å². The second-order valence-electron chi connectivity index (χ2n) is 6.45. The van der Waals surface area contributed by atoms with Crippen LogP contribution in [0.5, 0.6) is 5.75 Å². The number of nitro groups is 1. The predicted molar refractivity (Wildman–Crippen MR) is 121 cm³/mol. The Kier molecular flexibility index (Phi) is 6.09. The van der Waals surface area contributed by atoms with E-state index in [4.69, 9.17) is 17.0 Å². The van der Waals surface area contributed by atoms with Gasteiger partial charge in [0.05, 0.1) is 23.1 Å². The van der Waals surface area contributed by atoms with Gasteiger partial charge >= 0.3 is 0 Å². The van der Waals surface area contributed by atoms with Gasteiger partial charge in [0.2, 0.25) is 4.77 Å². The number of ether oxygens (including phenoxy) is 1. The molecule has 0 unspecified atom stereocenters. The standard InChI is InChI=1S/C19H16N8O3S2/c1-25-11-20-24-19(25)32-16-7-6-12(8-15(16)27(28)29)10-21-26-17(22-23-18(26)31)13-4-3-5-14(9-13)30-2/h3-11H,1-2H3,(H,23,31)/b21-10+. The number of aromatic amines is 1. The van der Waals surface area contributed by atoms with Crippen molar-refractivity contribution in [3.8, 4) is 17.1 Å². The van der Waals surface area contributed by atoms with Gasteiger partial charge in [0.25, 0.3) is 5.69 Å². The van der Waals surface area contributed by atoms with Gasteiger partial charge in [0.15, 0.2) is 11.0 Å². The number of H-pyrrole nitrogens is 1. The van der Waals surface area contributed by atoms with Gasteiger partial charge in [-0.3, -0.25) is 10.1 Å². The van der Waals surface area contributed by atoms with Crippen LogP contribution in [-0.2, 0) is 7.05 Å². The van der Waals surface area contributed by atoms with E-state index in [-0.39, 0.29) is 10.5 Å². The highest BCUT2D eigenvalue weighted by Gasteiger charge is 2.17. The molecular weight excluding hydrogens is 452 g/mol. The quantitative estimate of drug-likeness (QED) is 0.188. The summed E-state index contributed by atoms with van der Waals surface area (Å²) in [6, 6.07) is 12.1. The minimum Gasteiger partial charge on any atom is -0.497 e. The summed E-state index contributed by atoms with van der Waals surface area (Å²) in [7, 11) is 3.34.